The monoisotopic (exact) mass is 480 g/mol. The van der Waals surface area contributed by atoms with Crippen LogP contribution in [0.3, 0.4) is 0 Å². The molecule has 2 aliphatic rings. The van der Waals surface area contributed by atoms with Crippen LogP contribution in [0.4, 0.5) is 4.79 Å². The number of benzene rings is 2. The molecular weight excluding hydrogens is 448 g/mol. The zero-order valence-corrected chi connectivity index (χ0v) is 20.1. The largest absolute Gasteiger partial charge is 0.481 e. The van der Waals surface area contributed by atoms with Gasteiger partial charge in [-0.1, -0.05) is 48.5 Å². The van der Waals surface area contributed by atoms with Gasteiger partial charge in [0.2, 0.25) is 5.91 Å². The van der Waals surface area contributed by atoms with Crippen molar-refractivity contribution in [3.8, 4) is 11.1 Å². The van der Waals surface area contributed by atoms with Crippen LogP contribution in [0.1, 0.15) is 50.2 Å². The number of carboxylic acid groups (broad SMARTS) is 1. The predicted octanol–water partition coefficient (Wildman–Crippen LogP) is 3.69. The Morgan fingerprint density at radius 2 is 1.74 bits per heavy atom. The van der Waals surface area contributed by atoms with Crippen LogP contribution in [0.25, 0.3) is 11.1 Å². The van der Waals surface area contributed by atoms with E-state index in [4.69, 9.17) is 14.6 Å². The number of alkyl carbamates (subject to hydrolysis) is 1. The molecule has 2 amide bonds. The summed E-state index contributed by atoms with van der Waals surface area (Å²) in [7, 11) is 0. The van der Waals surface area contributed by atoms with E-state index in [2.05, 4.69) is 34.9 Å². The fraction of sp³-hybridized carbons (Fsp3) is 0.444. The second-order valence-corrected chi connectivity index (χ2v) is 9.62. The van der Waals surface area contributed by atoms with Crippen LogP contribution in [0.5, 0.6) is 0 Å². The minimum absolute atomic E-state index is 0.0469. The van der Waals surface area contributed by atoms with Crippen molar-refractivity contribution in [3.63, 3.8) is 0 Å². The lowest BCUT2D eigenvalue weighted by atomic mass is 9.84. The van der Waals surface area contributed by atoms with Gasteiger partial charge in [-0.2, -0.15) is 0 Å². The molecule has 0 bridgehead atoms. The summed E-state index contributed by atoms with van der Waals surface area (Å²) in [5.74, 6) is -1.14. The number of hydrogen-bond acceptors (Lipinski definition) is 5. The van der Waals surface area contributed by atoms with Gasteiger partial charge < -0.3 is 25.2 Å². The molecule has 1 fully saturated rings. The average Bonchev–Trinajstić information content (AvgIpc) is 3.36. The van der Waals surface area contributed by atoms with Crippen molar-refractivity contribution in [1.29, 1.82) is 0 Å². The Morgan fingerprint density at radius 3 is 2.37 bits per heavy atom. The number of aliphatic carboxylic acids is 1. The van der Waals surface area contributed by atoms with Gasteiger partial charge in [0, 0.05) is 18.4 Å². The average molecular weight is 481 g/mol. The van der Waals surface area contributed by atoms with Gasteiger partial charge in [-0.3, -0.25) is 9.59 Å². The summed E-state index contributed by atoms with van der Waals surface area (Å²) in [4.78, 5) is 36.5. The van der Waals surface area contributed by atoms with Crippen LogP contribution in [-0.4, -0.2) is 55.0 Å². The number of carbonyl (C=O) groups is 3. The lowest BCUT2D eigenvalue weighted by Crippen LogP contribution is -2.55. The van der Waals surface area contributed by atoms with Crippen molar-refractivity contribution in [3.05, 3.63) is 59.7 Å². The minimum atomic E-state index is -0.952. The van der Waals surface area contributed by atoms with Gasteiger partial charge in [0.25, 0.3) is 0 Å². The molecule has 35 heavy (non-hydrogen) atoms. The molecule has 3 N–H and O–H groups in total. The molecule has 4 rings (SSSR count). The molecule has 1 aliphatic carbocycles. The molecule has 3 unspecified atom stereocenters. The van der Waals surface area contributed by atoms with Crippen molar-refractivity contribution in [2.45, 2.75) is 51.1 Å². The van der Waals surface area contributed by atoms with E-state index in [1.807, 2.05) is 31.2 Å². The number of hydrogen-bond donors (Lipinski definition) is 3. The lowest BCUT2D eigenvalue weighted by Gasteiger charge is -2.30. The van der Waals surface area contributed by atoms with E-state index < -0.39 is 23.5 Å². The van der Waals surface area contributed by atoms with Crippen LogP contribution < -0.4 is 10.6 Å². The SMILES string of the molecule is CC(CCCC(=O)O)NC(=O)C1(C)COCC1NC(=O)OCC1c2ccccc2-c2ccccc21. The Kier molecular flexibility index (Phi) is 7.40. The van der Waals surface area contributed by atoms with E-state index in [0.29, 0.717) is 12.8 Å². The van der Waals surface area contributed by atoms with Gasteiger partial charge in [0.15, 0.2) is 0 Å². The molecule has 8 heteroatoms. The smallest absolute Gasteiger partial charge is 0.407 e. The molecule has 3 atom stereocenters. The molecule has 2 aromatic rings. The summed E-state index contributed by atoms with van der Waals surface area (Å²) in [5, 5.41) is 14.6. The third kappa shape index (κ3) is 5.32. The summed E-state index contributed by atoms with van der Waals surface area (Å²) in [6.45, 7) is 4.17. The Bertz CT molecular complexity index is 1060. The van der Waals surface area contributed by atoms with Gasteiger partial charge in [0.1, 0.15) is 6.61 Å². The second kappa shape index (κ2) is 10.5. The fourth-order valence-electron chi connectivity index (χ4n) is 4.90. The third-order valence-corrected chi connectivity index (χ3v) is 7.02. The first-order valence-electron chi connectivity index (χ1n) is 12.0. The number of rotatable bonds is 9. The van der Waals surface area contributed by atoms with Crippen LogP contribution in [0.2, 0.25) is 0 Å². The highest BCUT2D eigenvalue weighted by Crippen LogP contribution is 2.44. The molecule has 8 nitrogen and oxygen atoms in total. The Balaban J connectivity index is 1.34. The topological polar surface area (TPSA) is 114 Å². The van der Waals surface area contributed by atoms with Gasteiger partial charge in [-0.25, -0.2) is 4.79 Å². The zero-order chi connectivity index (χ0) is 25.0. The molecule has 2 aromatic carbocycles. The summed E-state index contributed by atoms with van der Waals surface area (Å²) in [6.07, 6.45) is 0.508. The van der Waals surface area contributed by atoms with Crippen molar-refractivity contribution in [2.24, 2.45) is 5.41 Å². The first-order chi connectivity index (χ1) is 16.8. The molecular formula is C27H32N2O6. The van der Waals surface area contributed by atoms with Gasteiger partial charge >= 0.3 is 12.1 Å². The normalized spacial score (nSPS) is 21.6. The van der Waals surface area contributed by atoms with Gasteiger partial charge in [-0.05, 0) is 48.9 Å². The van der Waals surface area contributed by atoms with Crippen molar-refractivity contribution in [2.75, 3.05) is 19.8 Å². The molecule has 0 radical (unpaired) electrons. The number of amides is 2. The van der Waals surface area contributed by atoms with E-state index in [9.17, 15) is 14.4 Å². The van der Waals surface area contributed by atoms with Crippen LogP contribution >= 0.6 is 0 Å². The highest BCUT2D eigenvalue weighted by Gasteiger charge is 2.47. The van der Waals surface area contributed by atoms with Crippen molar-refractivity contribution in [1.82, 2.24) is 10.6 Å². The fourth-order valence-corrected chi connectivity index (χ4v) is 4.90. The third-order valence-electron chi connectivity index (χ3n) is 7.02. The summed E-state index contributed by atoms with van der Waals surface area (Å²) >= 11 is 0. The van der Waals surface area contributed by atoms with Crippen LogP contribution in [0.15, 0.2) is 48.5 Å². The maximum atomic E-state index is 13.0. The number of carbonyl (C=O) groups excluding carboxylic acids is 2. The predicted molar refractivity (Wildman–Crippen MR) is 130 cm³/mol. The molecule has 0 spiro atoms. The van der Waals surface area contributed by atoms with Crippen LogP contribution in [-0.2, 0) is 19.1 Å². The minimum Gasteiger partial charge on any atom is -0.481 e. The highest BCUT2D eigenvalue weighted by molar-refractivity contribution is 5.85. The Labute approximate surface area is 205 Å². The van der Waals surface area contributed by atoms with Crippen molar-refractivity contribution >= 4 is 18.0 Å². The Morgan fingerprint density at radius 1 is 1.11 bits per heavy atom. The van der Waals surface area contributed by atoms with Crippen LogP contribution in [0, 0.1) is 5.41 Å². The highest BCUT2D eigenvalue weighted by atomic mass is 16.5. The summed E-state index contributed by atoms with van der Waals surface area (Å²) in [5.41, 5.74) is 3.62. The van der Waals surface area contributed by atoms with Crippen molar-refractivity contribution < 1.29 is 29.0 Å². The quantitative estimate of drug-likeness (QED) is 0.504. The summed E-state index contributed by atoms with van der Waals surface area (Å²) in [6, 6.07) is 15.5. The number of ether oxygens (including phenoxy) is 2. The number of nitrogens with one attached hydrogen (secondary N) is 2. The maximum Gasteiger partial charge on any atom is 0.407 e. The molecule has 0 aromatic heterocycles. The lowest BCUT2D eigenvalue weighted by molar-refractivity contribution is -0.137. The van der Waals surface area contributed by atoms with E-state index in [1.165, 1.54) is 0 Å². The van der Waals surface area contributed by atoms with E-state index >= 15 is 0 Å². The zero-order valence-electron chi connectivity index (χ0n) is 20.1. The van der Waals surface area contributed by atoms with Gasteiger partial charge in [0.05, 0.1) is 24.7 Å². The molecule has 1 saturated heterocycles. The molecule has 186 valence electrons. The maximum absolute atomic E-state index is 13.0. The molecule has 1 heterocycles. The number of carboxylic acids is 1. The number of fused-ring (bicyclic) bond motifs is 3. The molecule has 0 saturated carbocycles. The standard InChI is InChI=1S/C27H32N2O6/c1-17(8-7-13-24(30)31)28-25(32)27(2)16-34-15-23(27)29-26(33)35-14-22-20-11-5-3-9-18(20)19-10-4-6-12-21(19)22/h3-6,9-12,17,22-23H,7-8,13-16H2,1-2H3,(H,28,32)(H,29,33)(H,30,31). The molecule has 1 aliphatic heterocycles. The van der Waals surface area contributed by atoms with E-state index in [-0.39, 0.29) is 44.1 Å². The first kappa shape index (κ1) is 24.7. The summed E-state index contributed by atoms with van der Waals surface area (Å²) < 4.78 is 11.2. The second-order valence-electron chi connectivity index (χ2n) is 9.62. The van der Waals surface area contributed by atoms with E-state index in [1.54, 1.807) is 6.92 Å². The van der Waals surface area contributed by atoms with E-state index in [0.717, 1.165) is 22.3 Å². The van der Waals surface area contributed by atoms with Gasteiger partial charge in [-0.15, -0.1) is 0 Å². The Hall–Kier alpha value is -3.39. The first-order valence-corrected chi connectivity index (χ1v) is 12.0.